The number of carbonyl (C=O) groups is 1. The summed E-state index contributed by atoms with van der Waals surface area (Å²) in [6.07, 6.45) is 0.731. The van der Waals surface area contributed by atoms with Gasteiger partial charge in [0.2, 0.25) is 0 Å². The number of hydrogen-bond donors (Lipinski definition) is 0. The van der Waals surface area contributed by atoms with Crippen LogP contribution in [0.4, 0.5) is 0 Å². The first-order chi connectivity index (χ1) is 5.88. The van der Waals surface area contributed by atoms with Gasteiger partial charge in [-0.1, -0.05) is 12.1 Å². The average molecular weight is 166 g/mol. The molecular weight excluding hydrogens is 156 g/mol. The molecule has 3 nitrogen and oxygen atoms in total. The molecule has 0 bridgehead atoms. The van der Waals surface area contributed by atoms with Crippen LogP contribution in [0.5, 0.6) is 5.75 Å². The summed E-state index contributed by atoms with van der Waals surface area (Å²) in [5.74, 6) is 0.453. The molecule has 0 aromatic heterocycles. The molecule has 0 aliphatic carbocycles. The van der Waals surface area contributed by atoms with E-state index in [2.05, 4.69) is 0 Å². The summed E-state index contributed by atoms with van der Waals surface area (Å²) in [6.45, 7) is 2.26. The monoisotopic (exact) mass is 166 g/mol. The average Bonchev–Trinajstić information content (AvgIpc) is 2.15. The van der Waals surface area contributed by atoms with Gasteiger partial charge in [0.15, 0.2) is 12.0 Å². The van der Waals surface area contributed by atoms with Crippen LogP contribution in [0.1, 0.15) is 17.3 Å². The molecule has 0 saturated heterocycles. The minimum atomic E-state index is 0.452. The number of carbonyl (C=O) groups excluding carboxylic acids is 1. The predicted molar refractivity (Wildman–Crippen MR) is 44.1 cm³/mol. The number of hydrogen-bond acceptors (Lipinski definition) is 3. The summed E-state index contributed by atoms with van der Waals surface area (Å²) in [6, 6.07) is 6.89. The molecule has 0 heterocycles. The van der Waals surface area contributed by atoms with Crippen molar-refractivity contribution in [2.24, 2.45) is 0 Å². The maximum absolute atomic E-state index is 10.5. The van der Waals surface area contributed by atoms with Crippen molar-refractivity contribution in [2.45, 2.75) is 6.92 Å². The standard InChI is InChI=1S/C9H10O3/c1-2-11-12-9-6-4-3-5-8(9)7-10/h3-7H,2H2,1H3. The lowest BCUT2D eigenvalue weighted by Gasteiger charge is -2.03. The highest BCUT2D eigenvalue weighted by Crippen LogP contribution is 2.15. The molecule has 1 rings (SSSR count). The van der Waals surface area contributed by atoms with E-state index in [1.54, 1.807) is 24.3 Å². The van der Waals surface area contributed by atoms with Gasteiger partial charge in [-0.2, -0.15) is 4.89 Å². The Bertz CT molecular complexity index is 258. The molecule has 0 radical (unpaired) electrons. The van der Waals surface area contributed by atoms with Crippen molar-refractivity contribution in [3.05, 3.63) is 29.8 Å². The van der Waals surface area contributed by atoms with Crippen LogP contribution in [0.15, 0.2) is 24.3 Å². The second kappa shape index (κ2) is 4.51. The molecule has 0 spiro atoms. The van der Waals surface area contributed by atoms with Crippen molar-refractivity contribution in [3.8, 4) is 5.75 Å². The molecule has 3 heteroatoms. The van der Waals surface area contributed by atoms with Crippen LogP contribution in [0, 0.1) is 0 Å². The van der Waals surface area contributed by atoms with Gasteiger partial charge in [-0.05, 0) is 19.1 Å². The molecule has 0 fully saturated rings. The van der Waals surface area contributed by atoms with Gasteiger partial charge in [0.1, 0.15) is 0 Å². The lowest BCUT2D eigenvalue weighted by atomic mass is 10.2. The first-order valence-electron chi connectivity index (χ1n) is 3.72. The maximum Gasteiger partial charge on any atom is 0.175 e. The highest BCUT2D eigenvalue weighted by atomic mass is 17.2. The summed E-state index contributed by atoms with van der Waals surface area (Å²) in [5, 5.41) is 0. The van der Waals surface area contributed by atoms with Gasteiger partial charge >= 0.3 is 0 Å². The molecule has 12 heavy (non-hydrogen) atoms. The van der Waals surface area contributed by atoms with Crippen molar-refractivity contribution >= 4 is 6.29 Å². The second-order valence-electron chi connectivity index (χ2n) is 2.15. The Kier molecular flexibility index (Phi) is 3.29. The highest BCUT2D eigenvalue weighted by molar-refractivity contribution is 5.78. The molecule has 0 aliphatic heterocycles. The number of aldehydes is 1. The van der Waals surface area contributed by atoms with Gasteiger partial charge in [0.05, 0.1) is 12.2 Å². The van der Waals surface area contributed by atoms with Crippen LogP contribution in [0.2, 0.25) is 0 Å². The lowest BCUT2D eigenvalue weighted by Crippen LogP contribution is -1.98. The van der Waals surface area contributed by atoms with E-state index < -0.39 is 0 Å². The third-order valence-electron chi connectivity index (χ3n) is 1.31. The second-order valence-corrected chi connectivity index (χ2v) is 2.15. The van der Waals surface area contributed by atoms with E-state index >= 15 is 0 Å². The maximum atomic E-state index is 10.5. The number of rotatable bonds is 4. The van der Waals surface area contributed by atoms with Crippen LogP contribution in [0.25, 0.3) is 0 Å². The lowest BCUT2D eigenvalue weighted by molar-refractivity contribution is -0.202. The smallest absolute Gasteiger partial charge is 0.175 e. The van der Waals surface area contributed by atoms with E-state index in [4.69, 9.17) is 9.78 Å². The van der Waals surface area contributed by atoms with E-state index in [0.29, 0.717) is 17.9 Å². The van der Waals surface area contributed by atoms with Gasteiger partial charge in [-0.15, -0.1) is 0 Å². The summed E-state index contributed by atoms with van der Waals surface area (Å²) in [4.78, 5) is 20.0. The van der Waals surface area contributed by atoms with Gasteiger partial charge in [0.25, 0.3) is 0 Å². The van der Waals surface area contributed by atoms with Crippen LogP contribution < -0.4 is 4.89 Å². The molecule has 0 aliphatic rings. The number of para-hydroxylation sites is 1. The van der Waals surface area contributed by atoms with E-state index in [-0.39, 0.29) is 0 Å². The Morgan fingerprint density at radius 1 is 1.42 bits per heavy atom. The third-order valence-corrected chi connectivity index (χ3v) is 1.31. The molecule has 1 aromatic rings. The summed E-state index contributed by atoms with van der Waals surface area (Å²) < 4.78 is 0. The summed E-state index contributed by atoms with van der Waals surface area (Å²) in [7, 11) is 0. The number of benzene rings is 1. The van der Waals surface area contributed by atoms with Gasteiger partial charge in [0, 0.05) is 0 Å². The Morgan fingerprint density at radius 3 is 2.83 bits per heavy atom. The minimum absolute atomic E-state index is 0.452. The van der Waals surface area contributed by atoms with E-state index in [9.17, 15) is 4.79 Å². The van der Waals surface area contributed by atoms with Gasteiger partial charge in [-0.3, -0.25) is 4.79 Å². The van der Waals surface area contributed by atoms with E-state index in [1.807, 2.05) is 6.92 Å². The van der Waals surface area contributed by atoms with Crippen molar-refractivity contribution in [1.29, 1.82) is 0 Å². The zero-order chi connectivity index (χ0) is 8.81. The topological polar surface area (TPSA) is 35.5 Å². The summed E-state index contributed by atoms with van der Waals surface area (Å²) in [5.41, 5.74) is 0.492. The fraction of sp³-hybridized carbons (Fsp3) is 0.222. The molecule has 0 unspecified atom stereocenters. The zero-order valence-corrected chi connectivity index (χ0v) is 6.82. The zero-order valence-electron chi connectivity index (χ0n) is 6.82. The van der Waals surface area contributed by atoms with Gasteiger partial charge in [-0.25, -0.2) is 0 Å². The Labute approximate surface area is 70.8 Å². The molecule has 0 saturated carbocycles. The normalized spacial score (nSPS) is 9.42. The molecule has 0 N–H and O–H groups in total. The first-order valence-corrected chi connectivity index (χ1v) is 3.72. The third kappa shape index (κ3) is 2.07. The van der Waals surface area contributed by atoms with E-state index in [1.165, 1.54) is 0 Å². The van der Waals surface area contributed by atoms with Crippen LogP contribution in [-0.4, -0.2) is 12.9 Å². The minimum Gasteiger partial charge on any atom is -0.337 e. The van der Waals surface area contributed by atoms with E-state index in [0.717, 1.165) is 6.29 Å². The van der Waals surface area contributed by atoms with Gasteiger partial charge < -0.3 is 4.89 Å². The van der Waals surface area contributed by atoms with Crippen molar-refractivity contribution < 1.29 is 14.6 Å². The first kappa shape index (κ1) is 8.74. The van der Waals surface area contributed by atoms with Crippen molar-refractivity contribution in [3.63, 3.8) is 0 Å². The van der Waals surface area contributed by atoms with Crippen LogP contribution >= 0.6 is 0 Å². The van der Waals surface area contributed by atoms with Crippen LogP contribution in [-0.2, 0) is 4.89 Å². The van der Waals surface area contributed by atoms with Crippen molar-refractivity contribution in [2.75, 3.05) is 6.61 Å². The molecule has 64 valence electrons. The summed E-state index contributed by atoms with van der Waals surface area (Å²) >= 11 is 0. The fourth-order valence-corrected chi connectivity index (χ4v) is 0.776. The predicted octanol–water partition coefficient (Wildman–Crippen LogP) is 1.83. The Balaban J connectivity index is 2.75. The Morgan fingerprint density at radius 2 is 2.17 bits per heavy atom. The highest BCUT2D eigenvalue weighted by Gasteiger charge is 2.00. The van der Waals surface area contributed by atoms with Crippen LogP contribution in [0.3, 0.4) is 0 Å². The SMILES string of the molecule is CCOOc1ccccc1C=O. The molecular formula is C9H10O3. The molecule has 1 aromatic carbocycles. The quantitative estimate of drug-likeness (QED) is 0.389. The fourth-order valence-electron chi connectivity index (χ4n) is 0.776. The van der Waals surface area contributed by atoms with Crippen molar-refractivity contribution in [1.82, 2.24) is 0 Å². The molecule has 0 atom stereocenters. The Hall–Kier alpha value is -1.35. The molecule has 0 amide bonds. The largest absolute Gasteiger partial charge is 0.337 e.